The molecule has 0 aromatic heterocycles. The number of ether oxygens (including phenoxy) is 1. The molecule has 5 nitrogen and oxygen atoms in total. The smallest absolute Gasteiger partial charge is 0.244 e. The highest BCUT2D eigenvalue weighted by atomic mass is 32.2. The Bertz CT molecular complexity index is 1120. The summed E-state index contributed by atoms with van der Waals surface area (Å²) in [6.07, 6.45) is 3.58. The van der Waals surface area contributed by atoms with Crippen LogP contribution in [0.15, 0.2) is 53.4 Å². The van der Waals surface area contributed by atoms with E-state index in [1.165, 1.54) is 0 Å². The molecule has 0 radical (unpaired) electrons. The molecule has 2 aliphatic heterocycles. The number of carbonyl (C=O) groups excluding carboxylic acids is 1. The SMILES string of the molecule is CC(C)c1ccc(S(=O)(=O)[C@H]2C(=O)N(C)[C@@]34CCCC[C@@H]3[C@H]2c2ccccc2O4)cc1. The summed E-state index contributed by atoms with van der Waals surface area (Å²) in [7, 11) is -2.16. The molecular formula is C25H29NO4S. The van der Waals surface area contributed by atoms with Gasteiger partial charge in [-0.2, -0.15) is 0 Å². The predicted octanol–water partition coefficient (Wildman–Crippen LogP) is 4.49. The molecule has 5 rings (SSSR count). The lowest BCUT2D eigenvalue weighted by Gasteiger charge is -2.59. The number of likely N-dealkylation sites (tertiary alicyclic amines) is 1. The largest absolute Gasteiger partial charge is 0.467 e. The highest BCUT2D eigenvalue weighted by Crippen LogP contribution is 2.58. The van der Waals surface area contributed by atoms with E-state index in [2.05, 4.69) is 13.8 Å². The van der Waals surface area contributed by atoms with E-state index in [-0.39, 0.29) is 16.7 Å². The number of para-hydroxylation sites is 1. The molecule has 31 heavy (non-hydrogen) atoms. The van der Waals surface area contributed by atoms with Crippen LogP contribution in [0, 0.1) is 5.92 Å². The number of piperidine rings is 1. The lowest BCUT2D eigenvalue weighted by Crippen LogP contribution is -2.71. The van der Waals surface area contributed by atoms with Gasteiger partial charge in [-0.25, -0.2) is 8.42 Å². The molecule has 164 valence electrons. The number of fused-ring (bicyclic) bond motifs is 2. The number of amides is 1. The molecule has 2 aromatic rings. The molecule has 0 spiro atoms. The highest BCUT2D eigenvalue weighted by molar-refractivity contribution is 7.92. The average molecular weight is 440 g/mol. The molecule has 1 amide bonds. The van der Waals surface area contributed by atoms with Crippen molar-refractivity contribution in [3.05, 3.63) is 59.7 Å². The van der Waals surface area contributed by atoms with E-state index in [1.807, 2.05) is 36.4 Å². The second-order valence-electron chi connectivity index (χ2n) is 9.45. The molecule has 2 fully saturated rings. The van der Waals surface area contributed by atoms with Crippen molar-refractivity contribution in [1.29, 1.82) is 0 Å². The molecule has 2 bridgehead atoms. The molecule has 0 unspecified atom stereocenters. The fraction of sp³-hybridized carbons (Fsp3) is 0.480. The molecule has 1 saturated carbocycles. The van der Waals surface area contributed by atoms with E-state index >= 15 is 0 Å². The van der Waals surface area contributed by atoms with Crippen LogP contribution in [0.25, 0.3) is 0 Å². The standard InChI is InChI=1S/C25H29NO4S/c1-16(2)17-11-13-18(14-12-17)31(28,29)23-22-19-8-4-5-10-21(19)30-25(26(3)24(23)27)15-7-6-9-20(22)25/h4-5,8,10-14,16,20,22-23H,6-7,9,15H2,1-3H3/t20-,22-,23-,25-/m1/s1. The zero-order valence-corrected chi connectivity index (χ0v) is 19.1. The maximum Gasteiger partial charge on any atom is 0.244 e. The third-order valence-corrected chi connectivity index (χ3v) is 9.65. The summed E-state index contributed by atoms with van der Waals surface area (Å²) in [6.45, 7) is 4.15. The van der Waals surface area contributed by atoms with Gasteiger partial charge in [0, 0.05) is 25.3 Å². The summed E-state index contributed by atoms with van der Waals surface area (Å²) in [5.74, 6) is 0.229. The Morgan fingerprint density at radius 3 is 2.48 bits per heavy atom. The van der Waals surface area contributed by atoms with Crippen molar-refractivity contribution >= 4 is 15.7 Å². The molecule has 4 atom stereocenters. The summed E-state index contributed by atoms with van der Waals surface area (Å²) in [5.41, 5.74) is 1.18. The van der Waals surface area contributed by atoms with Crippen LogP contribution < -0.4 is 4.74 Å². The lowest BCUT2D eigenvalue weighted by atomic mass is 9.65. The third kappa shape index (κ3) is 2.87. The van der Waals surface area contributed by atoms with Crippen molar-refractivity contribution < 1.29 is 17.9 Å². The van der Waals surface area contributed by atoms with Crippen LogP contribution in [0.5, 0.6) is 5.75 Å². The van der Waals surface area contributed by atoms with Gasteiger partial charge in [-0.05, 0) is 48.1 Å². The first-order valence-corrected chi connectivity index (χ1v) is 12.7. The first-order chi connectivity index (χ1) is 14.8. The quantitative estimate of drug-likeness (QED) is 0.707. The fourth-order valence-corrected chi connectivity index (χ4v) is 7.86. The molecule has 2 aromatic carbocycles. The number of hydrogen-bond donors (Lipinski definition) is 0. The summed E-state index contributed by atoms with van der Waals surface area (Å²) in [6, 6.07) is 14.7. The first kappa shape index (κ1) is 20.6. The minimum atomic E-state index is -3.88. The Labute approximate surface area is 184 Å². The van der Waals surface area contributed by atoms with Crippen LogP contribution in [0.1, 0.15) is 62.5 Å². The summed E-state index contributed by atoms with van der Waals surface area (Å²) >= 11 is 0. The second kappa shape index (κ2) is 7.09. The van der Waals surface area contributed by atoms with E-state index < -0.39 is 26.7 Å². The normalized spacial score (nSPS) is 29.9. The van der Waals surface area contributed by atoms with Crippen LogP contribution in [-0.4, -0.2) is 37.2 Å². The molecule has 3 aliphatic rings. The minimum absolute atomic E-state index is 0.0337. The number of hydrogen-bond acceptors (Lipinski definition) is 4. The Balaban J connectivity index is 1.68. The van der Waals surface area contributed by atoms with Gasteiger partial charge in [0.2, 0.25) is 5.91 Å². The maximum atomic E-state index is 13.9. The summed E-state index contributed by atoms with van der Waals surface area (Å²) in [5, 5.41) is -1.14. The van der Waals surface area contributed by atoms with E-state index in [4.69, 9.17) is 4.74 Å². The van der Waals surface area contributed by atoms with Gasteiger partial charge >= 0.3 is 0 Å². The second-order valence-corrected chi connectivity index (χ2v) is 11.5. The van der Waals surface area contributed by atoms with E-state index in [0.29, 0.717) is 11.7 Å². The topological polar surface area (TPSA) is 63.7 Å². The number of rotatable bonds is 3. The van der Waals surface area contributed by atoms with Crippen LogP contribution >= 0.6 is 0 Å². The van der Waals surface area contributed by atoms with Gasteiger partial charge in [0.05, 0.1) is 4.90 Å². The molecular weight excluding hydrogens is 410 g/mol. The van der Waals surface area contributed by atoms with E-state index in [9.17, 15) is 13.2 Å². The van der Waals surface area contributed by atoms with E-state index in [1.54, 1.807) is 24.1 Å². The van der Waals surface area contributed by atoms with Crippen molar-refractivity contribution in [2.24, 2.45) is 5.92 Å². The first-order valence-electron chi connectivity index (χ1n) is 11.2. The Morgan fingerprint density at radius 2 is 1.77 bits per heavy atom. The monoisotopic (exact) mass is 439 g/mol. The zero-order chi connectivity index (χ0) is 22.0. The predicted molar refractivity (Wildman–Crippen MR) is 119 cm³/mol. The van der Waals surface area contributed by atoms with Crippen molar-refractivity contribution in [3.8, 4) is 5.75 Å². The van der Waals surface area contributed by atoms with Crippen LogP contribution in [0.2, 0.25) is 0 Å². The van der Waals surface area contributed by atoms with Gasteiger partial charge in [-0.1, -0.05) is 50.6 Å². The van der Waals surface area contributed by atoms with Crippen molar-refractivity contribution in [3.63, 3.8) is 0 Å². The van der Waals surface area contributed by atoms with Gasteiger partial charge in [-0.3, -0.25) is 4.79 Å². The Hall–Kier alpha value is -2.34. The molecule has 1 aliphatic carbocycles. The van der Waals surface area contributed by atoms with Crippen LogP contribution in [0.4, 0.5) is 0 Å². The Kier molecular flexibility index (Phi) is 4.70. The zero-order valence-electron chi connectivity index (χ0n) is 18.2. The van der Waals surface area contributed by atoms with Gasteiger partial charge < -0.3 is 9.64 Å². The molecule has 0 N–H and O–H groups in total. The third-order valence-electron chi connectivity index (χ3n) is 7.56. The Morgan fingerprint density at radius 1 is 1.06 bits per heavy atom. The number of carbonyl (C=O) groups is 1. The molecule has 2 heterocycles. The van der Waals surface area contributed by atoms with Crippen LogP contribution in [0.3, 0.4) is 0 Å². The average Bonchev–Trinajstić information content (AvgIpc) is 2.77. The van der Waals surface area contributed by atoms with Gasteiger partial charge in [0.25, 0.3) is 0 Å². The highest BCUT2D eigenvalue weighted by Gasteiger charge is 2.64. The van der Waals surface area contributed by atoms with E-state index in [0.717, 1.165) is 36.8 Å². The summed E-state index contributed by atoms with van der Waals surface area (Å²) in [4.78, 5) is 15.5. The minimum Gasteiger partial charge on any atom is -0.467 e. The fourth-order valence-electron chi connectivity index (χ4n) is 5.90. The summed E-state index contributed by atoms with van der Waals surface area (Å²) < 4.78 is 34.3. The van der Waals surface area contributed by atoms with Crippen molar-refractivity contribution in [2.45, 2.75) is 67.2 Å². The van der Waals surface area contributed by atoms with Crippen molar-refractivity contribution in [1.82, 2.24) is 4.90 Å². The van der Waals surface area contributed by atoms with Gasteiger partial charge in [0.1, 0.15) is 5.75 Å². The number of benzene rings is 2. The number of sulfone groups is 1. The maximum absolute atomic E-state index is 13.9. The molecule has 6 heteroatoms. The van der Waals surface area contributed by atoms with Crippen LogP contribution in [-0.2, 0) is 14.6 Å². The van der Waals surface area contributed by atoms with Gasteiger partial charge in [0.15, 0.2) is 20.8 Å². The van der Waals surface area contributed by atoms with Crippen molar-refractivity contribution in [2.75, 3.05) is 7.05 Å². The van der Waals surface area contributed by atoms with Gasteiger partial charge in [-0.15, -0.1) is 0 Å². The number of nitrogens with zero attached hydrogens (tertiary/aromatic N) is 1. The lowest BCUT2D eigenvalue weighted by molar-refractivity contribution is -0.191. The molecule has 1 saturated heterocycles.